The highest BCUT2D eigenvalue weighted by Crippen LogP contribution is 2.36. The van der Waals surface area contributed by atoms with Gasteiger partial charge in [0, 0.05) is 17.6 Å². The number of pyridine rings is 2. The lowest BCUT2D eigenvalue weighted by molar-refractivity contribution is -0.153. The van der Waals surface area contributed by atoms with Gasteiger partial charge in [-0.25, -0.2) is 4.98 Å². The van der Waals surface area contributed by atoms with Crippen molar-refractivity contribution in [3.05, 3.63) is 54.6 Å². The molecule has 11 nitrogen and oxygen atoms in total. The maximum absolute atomic E-state index is 12.8. The average Bonchev–Trinajstić information content (AvgIpc) is 3.29. The van der Waals surface area contributed by atoms with Crippen LogP contribution in [-0.2, 0) is 6.54 Å². The van der Waals surface area contributed by atoms with E-state index in [1.54, 1.807) is 30.5 Å². The van der Waals surface area contributed by atoms with Crippen LogP contribution in [0.1, 0.15) is 17.4 Å². The predicted molar refractivity (Wildman–Crippen MR) is 133 cm³/mol. The van der Waals surface area contributed by atoms with Gasteiger partial charge >= 0.3 is 6.18 Å². The molecule has 1 aromatic carbocycles. The number of hydrogen-bond donors (Lipinski definition) is 2. The molecule has 0 aliphatic carbocycles. The maximum Gasteiger partial charge on any atom is 0.422 e. The van der Waals surface area contributed by atoms with E-state index >= 15 is 0 Å². The summed E-state index contributed by atoms with van der Waals surface area (Å²) in [5.74, 6) is 0.666. The zero-order chi connectivity index (χ0) is 28.2. The van der Waals surface area contributed by atoms with Crippen molar-refractivity contribution in [1.82, 2.24) is 19.7 Å². The number of halogens is 3. The molecule has 0 saturated carbocycles. The van der Waals surface area contributed by atoms with Gasteiger partial charge in [0.15, 0.2) is 29.5 Å². The topological polar surface area (TPSA) is 130 Å². The normalized spacial score (nSPS) is 12.2. The molecule has 0 aliphatic heterocycles. The van der Waals surface area contributed by atoms with Crippen LogP contribution in [0.4, 0.5) is 19.0 Å². The fourth-order valence-electron chi connectivity index (χ4n) is 3.54. The summed E-state index contributed by atoms with van der Waals surface area (Å²) in [6.07, 6.45) is -1.43. The van der Waals surface area contributed by atoms with E-state index in [0.717, 1.165) is 10.9 Å². The highest BCUT2D eigenvalue weighted by Gasteiger charge is 2.30. The van der Waals surface area contributed by atoms with Crippen LogP contribution in [0, 0.1) is 0 Å². The number of nitrogens with one attached hydrogen (secondary N) is 1. The highest BCUT2D eigenvalue weighted by molar-refractivity contribution is 6.04. The SMILES string of the molecule is COc1cc2nccc(Oc3ccc(NC(=O)c4nn(C[C@H](C)O)cc4OCC(F)(F)F)nc3)c2cc1OC. The second kappa shape index (κ2) is 11.4. The van der Waals surface area contributed by atoms with Crippen molar-refractivity contribution in [3.8, 4) is 28.7 Å². The molecular formula is C25H24F3N5O6. The summed E-state index contributed by atoms with van der Waals surface area (Å²) in [6, 6.07) is 8.10. The number of anilines is 1. The number of alkyl halides is 3. The Morgan fingerprint density at radius 1 is 1.08 bits per heavy atom. The number of amides is 1. The minimum atomic E-state index is -4.62. The van der Waals surface area contributed by atoms with E-state index in [9.17, 15) is 23.1 Å². The van der Waals surface area contributed by atoms with Crippen LogP contribution in [0.15, 0.2) is 48.9 Å². The van der Waals surface area contributed by atoms with Gasteiger partial charge in [0.25, 0.3) is 5.91 Å². The molecule has 1 atom stereocenters. The van der Waals surface area contributed by atoms with Gasteiger partial charge in [-0.1, -0.05) is 0 Å². The molecular weight excluding hydrogens is 523 g/mol. The molecule has 39 heavy (non-hydrogen) atoms. The number of hydrogen-bond acceptors (Lipinski definition) is 9. The third-order valence-corrected chi connectivity index (χ3v) is 5.20. The van der Waals surface area contributed by atoms with E-state index < -0.39 is 30.5 Å². The standard InChI is InChI=1S/C25H24F3N5O6/c1-14(34)11-33-12-21(38-13-25(26,27)28)23(32-33)24(35)31-22-5-4-15(10-30-22)39-18-6-7-29-17-9-20(37-3)19(36-2)8-16(17)18/h4-10,12,14,34H,11,13H2,1-3H3,(H,30,31,35)/t14-/m0/s1. The summed E-state index contributed by atoms with van der Waals surface area (Å²) in [7, 11) is 3.04. The second-order valence-corrected chi connectivity index (χ2v) is 8.29. The minimum absolute atomic E-state index is 0.0533. The first-order valence-corrected chi connectivity index (χ1v) is 11.5. The fraction of sp³-hybridized carbons (Fsp3) is 0.280. The Labute approximate surface area is 220 Å². The van der Waals surface area contributed by atoms with E-state index in [2.05, 4.69) is 20.4 Å². The third kappa shape index (κ3) is 6.84. The molecule has 4 rings (SSSR count). The summed E-state index contributed by atoms with van der Waals surface area (Å²) >= 11 is 0. The van der Waals surface area contributed by atoms with Crippen molar-refractivity contribution >= 4 is 22.6 Å². The molecule has 0 unspecified atom stereocenters. The Hall–Kier alpha value is -4.59. The number of aliphatic hydroxyl groups is 1. The molecule has 1 amide bonds. The van der Waals surface area contributed by atoms with Crippen LogP contribution < -0.4 is 24.3 Å². The summed E-state index contributed by atoms with van der Waals surface area (Å²) in [5, 5.41) is 16.6. The second-order valence-electron chi connectivity index (χ2n) is 8.29. The van der Waals surface area contributed by atoms with Gasteiger partial charge in [0.2, 0.25) is 0 Å². The van der Waals surface area contributed by atoms with Gasteiger partial charge in [-0.3, -0.25) is 14.5 Å². The Bertz CT molecular complexity index is 1460. The lowest BCUT2D eigenvalue weighted by Gasteiger charge is -2.12. The molecule has 0 aliphatic rings. The number of ether oxygens (including phenoxy) is 4. The first-order chi connectivity index (χ1) is 18.6. The number of aromatic nitrogens is 4. The molecule has 0 saturated heterocycles. The average molecular weight is 547 g/mol. The summed E-state index contributed by atoms with van der Waals surface area (Å²) in [5.41, 5.74) is 0.218. The van der Waals surface area contributed by atoms with E-state index in [-0.39, 0.29) is 18.1 Å². The number of rotatable bonds is 10. The largest absolute Gasteiger partial charge is 0.493 e. The van der Waals surface area contributed by atoms with Crippen LogP contribution in [0.2, 0.25) is 0 Å². The van der Waals surface area contributed by atoms with E-state index in [0.29, 0.717) is 33.9 Å². The Morgan fingerprint density at radius 2 is 1.82 bits per heavy atom. The van der Waals surface area contributed by atoms with E-state index in [1.807, 2.05) is 0 Å². The summed E-state index contributed by atoms with van der Waals surface area (Å²) in [4.78, 5) is 21.2. The van der Waals surface area contributed by atoms with Crippen molar-refractivity contribution in [2.24, 2.45) is 0 Å². The number of benzene rings is 1. The van der Waals surface area contributed by atoms with Crippen molar-refractivity contribution < 1.29 is 42.0 Å². The Kier molecular flexibility index (Phi) is 8.04. The van der Waals surface area contributed by atoms with Gasteiger partial charge in [0.1, 0.15) is 17.3 Å². The smallest absolute Gasteiger partial charge is 0.422 e. The van der Waals surface area contributed by atoms with Crippen molar-refractivity contribution in [2.75, 3.05) is 26.1 Å². The Balaban J connectivity index is 1.51. The van der Waals surface area contributed by atoms with Crippen molar-refractivity contribution in [1.29, 1.82) is 0 Å². The van der Waals surface area contributed by atoms with Gasteiger partial charge in [-0.15, -0.1) is 0 Å². The minimum Gasteiger partial charge on any atom is -0.493 e. The van der Waals surface area contributed by atoms with Crippen molar-refractivity contribution in [2.45, 2.75) is 25.7 Å². The van der Waals surface area contributed by atoms with Crippen LogP contribution in [0.3, 0.4) is 0 Å². The van der Waals surface area contributed by atoms with Crippen molar-refractivity contribution in [3.63, 3.8) is 0 Å². The molecule has 0 radical (unpaired) electrons. The number of aliphatic hydroxyl groups excluding tert-OH is 1. The molecule has 14 heteroatoms. The first kappa shape index (κ1) is 27.4. The molecule has 0 spiro atoms. The van der Waals surface area contributed by atoms with Crippen LogP contribution in [0.5, 0.6) is 28.7 Å². The van der Waals surface area contributed by atoms with E-state index in [1.165, 1.54) is 33.4 Å². The monoisotopic (exact) mass is 547 g/mol. The van der Waals surface area contributed by atoms with Gasteiger partial charge in [-0.2, -0.15) is 18.3 Å². The van der Waals surface area contributed by atoms with Gasteiger partial charge in [-0.05, 0) is 31.2 Å². The maximum atomic E-state index is 12.8. The van der Waals surface area contributed by atoms with Crippen LogP contribution in [-0.4, -0.2) is 63.9 Å². The molecule has 4 aromatic rings. The molecule has 0 fully saturated rings. The van der Waals surface area contributed by atoms with Crippen LogP contribution in [0.25, 0.3) is 10.9 Å². The zero-order valence-electron chi connectivity index (χ0n) is 21.0. The molecule has 3 aromatic heterocycles. The van der Waals surface area contributed by atoms with E-state index in [4.69, 9.17) is 18.9 Å². The zero-order valence-corrected chi connectivity index (χ0v) is 21.0. The number of fused-ring (bicyclic) bond motifs is 1. The van der Waals surface area contributed by atoms with Gasteiger partial charge < -0.3 is 29.4 Å². The molecule has 3 heterocycles. The number of carbonyl (C=O) groups excluding carboxylic acids is 1. The molecule has 2 N–H and O–H groups in total. The Morgan fingerprint density at radius 3 is 2.46 bits per heavy atom. The van der Waals surface area contributed by atoms with Gasteiger partial charge in [0.05, 0.1) is 44.8 Å². The summed E-state index contributed by atoms with van der Waals surface area (Å²) in [6.45, 7) is -0.199. The lowest BCUT2D eigenvalue weighted by Crippen LogP contribution is -2.21. The lowest BCUT2D eigenvalue weighted by atomic mass is 10.2. The quantitative estimate of drug-likeness (QED) is 0.300. The molecule has 0 bridgehead atoms. The number of nitrogens with zero attached hydrogens (tertiary/aromatic N) is 4. The number of methoxy groups -OCH3 is 2. The highest BCUT2D eigenvalue weighted by atomic mass is 19.4. The van der Waals surface area contributed by atoms with Crippen LogP contribution >= 0.6 is 0 Å². The third-order valence-electron chi connectivity index (χ3n) is 5.20. The number of carbonyl (C=O) groups is 1. The first-order valence-electron chi connectivity index (χ1n) is 11.5. The predicted octanol–water partition coefficient (Wildman–Crippen LogP) is 4.21. The fourth-order valence-corrected chi connectivity index (χ4v) is 3.54. The summed E-state index contributed by atoms with van der Waals surface area (Å²) < 4.78 is 60.5. The molecule has 206 valence electrons.